The van der Waals surface area contributed by atoms with Crippen molar-refractivity contribution >= 4 is 17.3 Å². The molecule has 0 radical (unpaired) electrons. The molecular weight excluding hydrogens is 272 g/mol. The van der Waals surface area contributed by atoms with Crippen LogP contribution in [0.3, 0.4) is 0 Å². The highest BCUT2D eigenvalue weighted by atomic mass is 16.6. The lowest BCUT2D eigenvalue weighted by molar-refractivity contribution is -0.385. The number of nitro benzene ring substituents is 1. The molecule has 1 fully saturated rings. The van der Waals surface area contributed by atoms with Crippen molar-refractivity contribution < 1.29 is 9.72 Å². The Morgan fingerprint density at radius 2 is 2.14 bits per heavy atom. The average molecular weight is 292 g/mol. The van der Waals surface area contributed by atoms with Crippen LogP contribution < -0.4 is 5.32 Å². The number of carbonyl (C=O) groups is 1. The number of hydrogen-bond acceptors (Lipinski definition) is 5. The molecule has 1 heterocycles. The van der Waals surface area contributed by atoms with Gasteiger partial charge in [-0.2, -0.15) is 0 Å². The molecule has 0 bridgehead atoms. The number of nitrogens with zero attached hydrogens (tertiary/aromatic N) is 3. The molecular formula is C14H20N4O3. The third-order valence-electron chi connectivity index (χ3n) is 3.96. The summed E-state index contributed by atoms with van der Waals surface area (Å²) >= 11 is 0. The minimum atomic E-state index is -0.508. The molecule has 1 aromatic rings. The van der Waals surface area contributed by atoms with Crippen LogP contribution in [0.15, 0.2) is 18.2 Å². The number of rotatable bonds is 3. The van der Waals surface area contributed by atoms with Gasteiger partial charge in [0.25, 0.3) is 11.6 Å². The number of benzene rings is 1. The molecule has 1 aromatic carbocycles. The van der Waals surface area contributed by atoms with E-state index < -0.39 is 4.92 Å². The van der Waals surface area contributed by atoms with E-state index in [1.54, 1.807) is 24.1 Å². The highest BCUT2D eigenvalue weighted by Crippen LogP contribution is 2.25. The van der Waals surface area contributed by atoms with Crippen LogP contribution in [-0.2, 0) is 0 Å². The van der Waals surface area contributed by atoms with Crippen LogP contribution in [0.1, 0.15) is 17.3 Å². The molecule has 0 saturated carbocycles. The van der Waals surface area contributed by atoms with E-state index in [4.69, 9.17) is 0 Å². The van der Waals surface area contributed by atoms with Gasteiger partial charge in [-0.25, -0.2) is 0 Å². The van der Waals surface area contributed by atoms with Gasteiger partial charge in [0.15, 0.2) is 0 Å². The third-order valence-corrected chi connectivity index (χ3v) is 3.96. The Labute approximate surface area is 123 Å². The number of anilines is 1. The Morgan fingerprint density at radius 1 is 1.43 bits per heavy atom. The second-order valence-electron chi connectivity index (χ2n) is 5.32. The van der Waals surface area contributed by atoms with Gasteiger partial charge in [0, 0.05) is 44.5 Å². The SMILES string of the molecule is CNc1ccc([N+](=O)[O-])c(C(=O)N2CCN(C)C(C)C2)c1. The van der Waals surface area contributed by atoms with Crippen molar-refractivity contribution in [1.29, 1.82) is 0 Å². The molecule has 0 aromatic heterocycles. The topological polar surface area (TPSA) is 78.7 Å². The van der Waals surface area contributed by atoms with E-state index in [1.807, 2.05) is 14.0 Å². The van der Waals surface area contributed by atoms with Crippen LogP contribution in [0, 0.1) is 10.1 Å². The molecule has 21 heavy (non-hydrogen) atoms. The number of nitro groups is 1. The highest BCUT2D eigenvalue weighted by molar-refractivity contribution is 5.99. The number of carbonyl (C=O) groups excluding carboxylic acids is 1. The highest BCUT2D eigenvalue weighted by Gasteiger charge is 2.29. The van der Waals surface area contributed by atoms with Crippen LogP contribution in [-0.4, -0.2) is 60.4 Å². The Bertz CT molecular complexity index is 561. The van der Waals surface area contributed by atoms with Crippen molar-refractivity contribution in [3.8, 4) is 0 Å². The molecule has 114 valence electrons. The van der Waals surface area contributed by atoms with Crippen LogP contribution in [0.5, 0.6) is 0 Å². The lowest BCUT2D eigenvalue weighted by atomic mass is 10.1. The minimum absolute atomic E-state index is 0.142. The predicted octanol–water partition coefficient (Wildman–Crippen LogP) is 1.41. The van der Waals surface area contributed by atoms with E-state index in [0.717, 1.165) is 6.54 Å². The van der Waals surface area contributed by atoms with E-state index in [9.17, 15) is 14.9 Å². The summed E-state index contributed by atoms with van der Waals surface area (Å²) in [7, 11) is 3.73. The summed E-state index contributed by atoms with van der Waals surface area (Å²) in [4.78, 5) is 27.1. The van der Waals surface area contributed by atoms with Crippen LogP contribution in [0.25, 0.3) is 0 Å². The average Bonchev–Trinajstić information content (AvgIpc) is 2.48. The first-order chi connectivity index (χ1) is 9.93. The van der Waals surface area contributed by atoms with E-state index in [0.29, 0.717) is 18.8 Å². The zero-order chi connectivity index (χ0) is 15.6. The quantitative estimate of drug-likeness (QED) is 0.673. The minimum Gasteiger partial charge on any atom is -0.388 e. The van der Waals surface area contributed by atoms with Gasteiger partial charge < -0.3 is 15.1 Å². The summed E-state index contributed by atoms with van der Waals surface area (Å²) in [6.45, 7) is 3.97. The maximum absolute atomic E-state index is 12.6. The standard InChI is InChI=1S/C14H20N4O3/c1-10-9-17(7-6-16(10)3)14(19)12-8-11(15-2)4-5-13(12)18(20)21/h4-5,8,10,15H,6-7,9H2,1-3H3. The maximum atomic E-state index is 12.6. The van der Waals surface area contributed by atoms with Gasteiger partial charge in [-0.15, -0.1) is 0 Å². The van der Waals surface area contributed by atoms with Crippen molar-refractivity contribution in [2.24, 2.45) is 0 Å². The number of amides is 1. The molecule has 0 spiro atoms. The van der Waals surface area contributed by atoms with Crippen LogP contribution >= 0.6 is 0 Å². The number of likely N-dealkylation sites (N-methyl/N-ethyl adjacent to an activating group) is 1. The van der Waals surface area contributed by atoms with Crippen LogP contribution in [0.2, 0.25) is 0 Å². The molecule has 1 saturated heterocycles. The van der Waals surface area contributed by atoms with Gasteiger partial charge in [-0.3, -0.25) is 14.9 Å². The number of hydrogen-bond donors (Lipinski definition) is 1. The molecule has 1 atom stereocenters. The van der Waals surface area contributed by atoms with Gasteiger partial charge in [0.1, 0.15) is 5.56 Å². The molecule has 1 unspecified atom stereocenters. The maximum Gasteiger partial charge on any atom is 0.282 e. The zero-order valence-corrected chi connectivity index (χ0v) is 12.5. The fourth-order valence-corrected chi connectivity index (χ4v) is 2.43. The summed E-state index contributed by atoms with van der Waals surface area (Å²) < 4.78 is 0. The lowest BCUT2D eigenvalue weighted by Crippen LogP contribution is -2.52. The van der Waals surface area contributed by atoms with Crippen molar-refractivity contribution in [3.63, 3.8) is 0 Å². The zero-order valence-electron chi connectivity index (χ0n) is 12.5. The molecule has 1 aliphatic heterocycles. The first-order valence-electron chi connectivity index (χ1n) is 6.89. The molecule has 7 heteroatoms. The van der Waals surface area contributed by atoms with E-state index in [2.05, 4.69) is 10.2 Å². The smallest absolute Gasteiger partial charge is 0.282 e. The summed E-state index contributed by atoms with van der Waals surface area (Å²) in [5.74, 6) is -0.279. The molecule has 0 aliphatic carbocycles. The monoisotopic (exact) mass is 292 g/mol. The summed E-state index contributed by atoms with van der Waals surface area (Å²) in [6, 6.07) is 4.76. The van der Waals surface area contributed by atoms with E-state index in [-0.39, 0.29) is 23.2 Å². The Kier molecular flexibility index (Phi) is 4.42. The van der Waals surface area contributed by atoms with Gasteiger partial charge in [-0.05, 0) is 26.1 Å². The number of nitrogens with one attached hydrogen (secondary N) is 1. The predicted molar refractivity (Wildman–Crippen MR) is 80.6 cm³/mol. The first-order valence-corrected chi connectivity index (χ1v) is 6.89. The molecule has 7 nitrogen and oxygen atoms in total. The van der Waals surface area contributed by atoms with E-state index in [1.165, 1.54) is 6.07 Å². The number of piperazine rings is 1. The normalized spacial score (nSPS) is 19.4. The largest absolute Gasteiger partial charge is 0.388 e. The summed E-state index contributed by atoms with van der Waals surface area (Å²) in [6.07, 6.45) is 0. The summed E-state index contributed by atoms with van der Waals surface area (Å²) in [5, 5.41) is 14.0. The van der Waals surface area contributed by atoms with Crippen molar-refractivity contribution in [2.45, 2.75) is 13.0 Å². The Hall–Kier alpha value is -2.15. The Balaban J connectivity index is 2.31. The van der Waals surface area contributed by atoms with Crippen molar-refractivity contribution in [3.05, 3.63) is 33.9 Å². The van der Waals surface area contributed by atoms with Crippen LogP contribution in [0.4, 0.5) is 11.4 Å². The molecule has 1 amide bonds. The fourth-order valence-electron chi connectivity index (χ4n) is 2.43. The van der Waals surface area contributed by atoms with Gasteiger partial charge in [0.2, 0.25) is 0 Å². The lowest BCUT2D eigenvalue weighted by Gasteiger charge is -2.37. The fraction of sp³-hybridized carbons (Fsp3) is 0.500. The Morgan fingerprint density at radius 3 is 2.71 bits per heavy atom. The van der Waals surface area contributed by atoms with Crippen molar-refractivity contribution in [2.75, 3.05) is 39.0 Å². The van der Waals surface area contributed by atoms with Gasteiger partial charge in [-0.1, -0.05) is 0 Å². The molecule has 1 aliphatic rings. The first kappa shape index (κ1) is 15.2. The van der Waals surface area contributed by atoms with E-state index >= 15 is 0 Å². The van der Waals surface area contributed by atoms with Gasteiger partial charge in [0.05, 0.1) is 4.92 Å². The third kappa shape index (κ3) is 3.13. The van der Waals surface area contributed by atoms with Gasteiger partial charge >= 0.3 is 0 Å². The van der Waals surface area contributed by atoms with Crippen molar-refractivity contribution in [1.82, 2.24) is 9.80 Å². The second-order valence-corrected chi connectivity index (χ2v) is 5.32. The molecule has 1 N–H and O–H groups in total. The second kappa shape index (κ2) is 6.09. The molecule has 2 rings (SSSR count). The summed E-state index contributed by atoms with van der Waals surface area (Å²) in [5.41, 5.74) is 0.681.